The lowest BCUT2D eigenvalue weighted by atomic mass is 10.2. The summed E-state index contributed by atoms with van der Waals surface area (Å²) in [5, 5.41) is 12.0. The molecule has 0 aliphatic rings. The zero-order valence-electron chi connectivity index (χ0n) is 10.2. The second-order valence-electron chi connectivity index (χ2n) is 4.01. The molecule has 2 aromatic rings. The first-order chi connectivity index (χ1) is 9.47. The number of hydrogen-bond donors (Lipinski definition) is 1. The Kier molecular flexibility index (Phi) is 4.75. The number of anilines is 1. The molecule has 0 unspecified atom stereocenters. The second kappa shape index (κ2) is 6.35. The van der Waals surface area contributed by atoms with Gasteiger partial charge in [-0.2, -0.15) is 0 Å². The fraction of sp³-hybridized carbons (Fsp3) is 0.0769. The fourth-order valence-electron chi connectivity index (χ4n) is 1.63. The first-order valence-corrected chi connectivity index (χ1v) is 7.32. The number of nitrogens with zero attached hydrogens (tertiary/aromatic N) is 1. The molecule has 104 valence electrons. The van der Waals surface area contributed by atoms with Crippen LogP contribution in [0.4, 0.5) is 11.4 Å². The van der Waals surface area contributed by atoms with Crippen molar-refractivity contribution in [3.05, 3.63) is 62.1 Å². The monoisotopic (exact) mass is 328 g/mol. The smallest absolute Gasteiger partial charge is 0.273 e. The summed E-state index contributed by atoms with van der Waals surface area (Å²) >= 11 is 13.3. The van der Waals surface area contributed by atoms with Gasteiger partial charge in [0.1, 0.15) is 0 Å². The third kappa shape index (κ3) is 3.56. The first-order valence-electron chi connectivity index (χ1n) is 5.58. The van der Waals surface area contributed by atoms with Crippen molar-refractivity contribution in [1.29, 1.82) is 0 Å². The Bertz CT molecular complexity index is 665. The van der Waals surface area contributed by atoms with Gasteiger partial charge in [-0.3, -0.25) is 10.1 Å². The van der Waals surface area contributed by atoms with E-state index in [0.717, 1.165) is 4.90 Å². The van der Waals surface area contributed by atoms with Gasteiger partial charge in [0.2, 0.25) is 0 Å². The summed E-state index contributed by atoms with van der Waals surface area (Å²) in [6.07, 6.45) is 0. The van der Waals surface area contributed by atoms with Crippen molar-refractivity contribution in [3.8, 4) is 0 Å². The van der Waals surface area contributed by atoms with E-state index in [9.17, 15) is 10.1 Å². The number of thioether (sulfide) groups is 1. The molecule has 0 aliphatic carbocycles. The van der Waals surface area contributed by atoms with E-state index in [4.69, 9.17) is 28.9 Å². The molecule has 2 N–H and O–H groups in total. The number of nitrogens with two attached hydrogens (primary N) is 1. The summed E-state index contributed by atoms with van der Waals surface area (Å²) in [6.45, 7) is 0. The van der Waals surface area contributed by atoms with Gasteiger partial charge in [0.15, 0.2) is 0 Å². The van der Waals surface area contributed by atoms with E-state index in [1.165, 1.54) is 23.9 Å². The van der Waals surface area contributed by atoms with Crippen LogP contribution in [0.15, 0.2) is 41.3 Å². The molecule has 0 radical (unpaired) electrons. The molecule has 0 aliphatic heterocycles. The van der Waals surface area contributed by atoms with Crippen LogP contribution in [-0.2, 0) is 5.75 Å². The zero-order chi connectivity index (χ0) is 14.7. The molecule has 20 heavy (non-hydrogen) atoms. The molecule has 0 saturated heterocycles. The van der Waals surface area contributed by atoms with Crippen LogP contribution in [0.1, 0.15) is 5.56 Å². The Morgan fingerprint density at radius 2 is 1.95 bits per heavy atom. The maximum atomic E-state index is 11.0. The molecule has 2 rings (SSSR count). The molecular weight excluding hydrogens is 319 g/mol. The van der Waals surface area contributed by atoms with Crippen molar-refractivity contribution >= 4 is 46.3 Å². The number of benzene rings is 2. The van der Waals surface area contributed by atoms with Crippen LogP contribution >= 0.6 is 35.0 Å². The maximum Gasteiger partial charge on any atom is 0.273 e. The summed E-state index contributed by atoms with van der Waals surface area (Å²) in [7, 11) is 0. The molecular formula is C13H10Cl2N2O2S. The van der Waals surface area contributed by atoms with E-state index in [-0.39, 0.29) is 5.69 Å². The van der Waals surface area contributed by atoms with E-state index in [0.29, 0.717) is 27.0 Å². The number of nitro benzene ring substituents is 1. The van der Waals surface area contributed by atoms with Crippen LogP contribution in [0, 0.1) is 10.1 Å². The van der Waals surface area contributed by atoms with E-state index in [2.05, 4.69) is 0 Å². The zero-order valence-corrected chi connectivity index (χ0v) is 12.5. The van der Waals surface area contributed by atoms with Crippen LogP contribution in [0.25, 0.3) is 0 Å². The Balaban J connectivity index is 2.24. The van der Waals surface area contributed by atoms with Crippen molar-refractivity contribution in [2.24, 2.45) is 0 Å². The van der Waals surface area contributed by atoms with Crippen LogP contribution in [0.2, 0.25) is 10.0 Å². The molecule has 0 heterocycles. The van der Waals surface area contributed by atoms with Gasteiger partial charge in [-0.05, 0) is 30.3 Å². The molecule has 0 spiro atoms. The molecule has 0 amide bonds. The molecule has 4 nitrogen and oxygen atoms in total. The standard InChI is InChI=1S/C13H10Cl2N2O2S/c14-9-1-4-12(17(18)19)8(5-9)7-20-13-6-10(16)2-3-11(13)15/h1-6H,7,16H2. The second-order valence-corrected chi connectivity index (χ2v) is 5.87. The van der Waals surface area contributed by atoms with Gasteiger partial charge in [-0.15, -0.1) is 11.8 Å². The molecule has 0 atom stereocenters. The Morgan fingerprint density at radius 3 is 2.65 bits per heavy atom. The molecule has 0 saturated carbocycles. The normalized spacial score (nSPS) is 10.5. The highest BCUT2D eigenvalue weighted by molar-refractivity contribution is 7.98. The molecule has 2 aromatic carbocycles. The van der Waals surface area contributed by atoms with Crippen molar-refractivity contribution < 1.29 is 4.92 Å². The fourth-order valence-corrected chi connectivity index (χ4v) is 3.08. The number of halogens is 2. The Hall–Kier alpha value is -1.43. The molecule has 7 heteroatoms. The first kappa shape index (κ1) is 15.0. The molecule has 0 fully saturated rings. The van der Waals surface area contributed by atoms with E-state index < -0.39 is 4.92 Å². The Labute approximate surface area is 130 Å². The third-order valence-corrected chi connectivity index (χ3v) is 4.36. The predicted octanol–water partition coefficient (Wildman–Crippen LogP) is 4.78. The van der Waals surface area contributed by atoms with Crippen LogP contribution < -0.4 is 5.73 Å². The Morgan fingerprint density at radius 1 is 1.20 bits per heavy atom. The highest BCUT2D eigenvalue weighted by Crippen LogP contribution is 2.34. The highest BCUT2D eigenvalue weighted by atomic mass is 35.5. The summed E-state index contributed by atoms with van der Waals surface area (Å²) in [5.74, 6) is 0.389. The van der Waals surface area contributed by atoms with Gasteiger partial charge in [0, 0.05) is 33.0 Å². The lowest BCUT2D eigenvalue weighted by Gasteiger charge is -2.06. The summed E-state index contributed by atoms with van der Waals surface area (Å²) in [4.78, 5) is 11.3. The largest absolute Gasteiger partial charge is 0.399 e. The molecule has 0 bridgehead atoms. The topological polar surface area (TPSA) is 69.2 Å². The van der Waals surface area contributed by atoms with Crippen molar-refractivity contribution in [1.82, 2.24) is 0 Å². The summed E-state index contributed by atoms with van der Waals surface area (Å²) < 4.78 is 0. The number of rotatable bonds is 4. The average molecular weight is 329 g/mol. The SMILES string of the molecule is Nc1ccc(Cl)c(SCc2cc(Cl)ccc2[N+](=O)[O-])c1. The van der Waals surface area contributed by atoms with Gasteiger partial charge < -0.3 is 5.73 Å². The minimum atomic E-state index is -0.423. The van der Waals surface area contributed by atoms with Crippen molar-refractivity contribution in [2.75, 3.05) is 5.73 Å². The lowest BCUT2D eigenvalue weighted by Crippen LogP contribution is -1.94. The average Bonchev–Trinajstić information content (AvgIpc) is 2.39. The van der Waals surface area contributed by atoms with Gasteiger partial charge >= 0.3 is 0 Å². The van der Waals surface area contributed by atoms with E-state index in [1.54, 1.807) is 24.3 Å². The van der Waals surface area contributed by atoms with Gasteiger partial charge in [-0.1, -0.05) is 23.2 Å². The minimum absolute atomic E-state index is 0.0434. The van der Waals surface area contributed by atoms with Crippen molar-refractivity contribution in [3.63, 3.8) is 0 Å². The van der Waals surface area contributed by atoms with Crippen molar-refractivity contribution in [2.45, 2.75) is 10.6 Å². The number of hydrogen-bond acceptors (Lipinski definition) is 4. The van der Waals surface area contributed by atoms with Crippen LogP contribution in [-0.4, -0.2) is 4.92 Å². The number of nitro groups is 1. The minimum Gasteiger partial charge on any atom is -0.399 e. The van der Waals surface area contributed by atoms with Gasteiger partial charge in [0.05, 0.1) is 9.95 Å². The quantitative estimate of drug-likeness (QED) is 0.379. The van der Waals surface area contributed by atoms with Crippen LogP contribution in [0.5, 0.6) is 0 Å². The van der Waals surface area contributed by atoms with E-state index in [1.807, 2.05) is 0 Å². The number of nitrogen functional groups attached to an aromatic ring is 1. The maximum absolute atomic E-state index is 11.0. The molecule has 0 aromatic heterocycles. The van der Waals surface area contributed by atoms with Gasteiger partial charge in [0.25, 0.3) is 5.69 Å². The summed E-state index contributed by atoms with van der Waals surface area (Å²) in [5.41, 5.74) is 6.88. The predicted molar refractivity (Wildman–Crippen MR) is 83.5 cm³/mol. The highest BCUT2D eigenvalue weighted by Gasteiger charge is 2.14. The lowest BCUT2D eigenvalue weighted by molar-refractivity contribution is -0.385. The van der Waals surface area contributed by atoms with Crippen LogP contribution in [0.3, 0.4) is 0 Å². The summed E-state index contributed by atoms with van der Waals surface area (Å²) in [6, 6.07) is 9.64. The van der Waals surface area contributed by atoms with E-state index >= 15 is 0 Å². The third-order valence-electron chi connectivity index (χ3n) is 2.58. The van der Waals surface area contributed by atoms with Gasteiger partial charge in [-0.25, -0.2) is 0 Å².